The van der Waals surface area contributed by atoms with Gasteiger partial charge in [-0.25, -0.2) is 0 Å². The van der Waals surface area contributed by atoms with Crippen LogP contribution >= 0.6 is 23.5 Å². The number of hydrogen-bond donors (Lipinski definition) is 2. The molecule has 0 spiro atoms. The number of carbonyl (C=O) groups excluding carboxylic acids is 1. The van der Waals surface area contributed by atoms with Crippen molar-refractivity contribution >= 4 is 35.1 Å². The van der Waals surface area contributed by atoms with Crippen LogP contribution in [-0.4, -0.2) is 35.2 Å². The van der Waals surface area contributed by atoms with Crippen molar-refractivity contribution in [3.8, 4) is 0 Å². The quantitative estimate of drug-likeness (QED) is 0.859. The third kappa shape index (κ3) is 4.93. The Morgan fingerprint density at radius 1 is 1.27 bits per heavy atom. The number of rotatable bonds is 5. The van der Waals surface area contributed by atoms with Crippen LogP contribution in [0.3, 0.4) is 0 Å². The van der Waals surface area contributed by atoms with Gasteiger partial charge in [0.2, 0.25) is 5.91 Å². The molecule has 120 valence electrons. The molecule has 1 atom stereocenters. The third-order valence-electron chi connectivity index (χ3n) is 4.17. The summed E-state index contributed by atoms with van der Waals surface area (Å²) in [5.74, 6) is 2.29. The maximum absolute atomic E-state index is 12.1. The molecule has 2 N–H and O–H groups in total. The van der Waals surface area contributed by atoms with E-state index in [0.29, 0.717) is 12.5 Å². The van der Waals surface area contributed by atoms with E-state index in [1.165, 1.54) is 30.6 Å². The van der Waals surface area contributed by atoms with Gasteiger partial charge in [-0.2, -0.15) is 11.8 Å². The average Bonchev–Trinajstić information content (AvgIpc) is 3.03. The van der Waals surface area contributed by atoms with Crippen molar-refractivity contribution in [2.24, 2.45) is 0 Å². The van der Waals surface area contributed by atoms with Crippen molar-refractivity contribution in [3.05, 3.63) is 24.3 Å². The topological polar surface area (TPSA) is 41.1 Å². The van der Waals surface area contributed by atoms with Crippen molar-refractivity contribution in [1.29, 1.82) is 0 Å². The van der Waals surface area contributed by atoms with Crippen LogP contribution in [0.4, 0.5) is 5.69 Å². The minimum atomic E-state index is 0.108. The zero-order valence-corrected chi connectivity index (χ0v) is 14.5. The van der Waals surface area contributed by atoms with Crippen LogP contribution in [0.15, 0.2) is 29.2 Å². The first-order chi connectivity index (χ1) is 10.8. The molecule has 2 fully saturated rings. The zero-order chi connectivity index (χ0) is 15.2. The first kappa shape index (κ1) is 16.2. The Kier molecular flexibility index (Phi) is 6.10. The summed E-state index contributed by atoms with van der Waals surface area (Å²) >= 11 is 3.90. The van der Waals surface area contributed by atoms with Crippen molar-refractivity contribution < 1.29 is 4.79 Å². The first-order valence-electron chi connectivity index (χ1n) is 8.17. The second-order valence-electron chi connectivity index (χ2n) is 6.03. The van der Waals surface area contributed by atoms with Crippen LogP contribution in [0, 0.1) is 0 Å². The molecule has 1 unspecified atom stereocenters. The number of thioether (sulfide) groups is 2. The molecule has 1 amide bonds. The van der Waals surface area contributed by atoms with Gasteiger partial charge in [-0.05, 0) is 37.1 Å². The third-order valence-corrected chi connectivity index (χ3v) is 6.65. The van der Waals surface area contributed by atoms with Gasteiger partial charge in [0.25, 0.3) is 0 Å². The summed E-state index contributed by atoms with van der Waals surface area (Å²) in [7, 11) is 0. The lowest BCUT2D eigenvalue weighted by Gasteiger charge is -2.22. The molecule has 1 aromatic carbocycles. The fraction of sp³-hybridized carbons (Fsp3) is 0.588. The van der Waals surface area contributed by atoms with E-state index in [2.05, 4.69) is 22.8 Å². The second kappa shape index (κ2) is 8.27. The lowest BCUT2D eigenvalue weighted by atomic mass is 10.2. The molecule has 0 radical (unpaired) electrons. The standard InChI is InChI=1S/C17H24N2OS2/c20-17(11-14-12-21-10-9-18-14)19-13-5-7-16(8-6-13)22-15-3-1-2-4-15/h5-8,14-15,18H,1-4,9-12H2,(H,19,20). The van der Waals surface area contributed by atoms with Crippen LogP contribution in [0.25, 0.3) is 0 Å². The Labute approximate surface area is 141 Å². The molecule has 1 aromatic rings. The van der Waals surface area contributed by atoms with E-state index in [1.807, 2.05) is 35.7 Å². The Morgan fingerprint density at radius 3 is 2.73 bits per heavy atom. The maximum Gasteiger partial charge on any atom is 0.225 e. The van der Waals surface area contributed by atoms with E-state index < -0.39 is 0 Å². The van der Waals surface area contributed by atoms with Gasteiger partial charge in [0.05, 0.1) is 0 Å². The summed E-state index contributed by atoms with van der Waals surface area (Å²) in [5.41, 5.74) is 0.907. The number of nitrogens with one attached hydrogen (secondary N) is 2. The van der Waals surface area contributed by atoms with Gasteiger partial charge >= 0.3 is 0 Å². The second-order valence-corrected chi connectivity index (χ2v) is 8.55. The van der Waals surface area contributed by atoms with Gasteiger partial charge in [0, 0.05) is 46.3 Å². The summed E-state index contributed by atoms with van der Waals surface area (Å²) in [6.45, 7) is 1.01. The first-order valence-corrected chi connectivity index (χ1v) is 10.2. The summed E-state index contributed by atoms with van der Waals surface area (Å²) in [6, 6.07) is 8.63. The SMILES string of the molecule is O=C(CC1CSCCN1)Nc1ccc(SC2CCCC2)cc1. The van der Waals surface area contributed by atoms with Crippen molar-refractivity contribution in [2.45, 2.75) is 48.3 Å². The largest absolute Gasteiger partial charge is 0.326 e. The normalized spacial score (nSPS) is 22.6. The lowest BCUT2D eigenvalue weighted by molar-refractivity contribution is -0.116. The summed E-state index contributed by atoms with van der Waals surface area (Å²) in [4.78, 5) is 13.4. The predicted molar refractivity (Wildman–Crippen MR) is 96.9 cm³/mol. The number of amides is 1. The predicted octanol–water partition coefficient (Wildman–Crippen LogP) is 3.75. The maximum atomic E-state index is 12.1. The number of anilines is 1. The summed E-state index contributed by atoms with van der Waals surface area (Å²) in [6.07, 6.45) is 6.00. The van der Waals surface area contributed by atoms with Gasteiger partial charge in [-0.3, -0.25) is 4.79 Å². The van der Waals surface area contributed by atoms with Gasteiger partial charge in [-0.15, -0.1) is 11.8 Å². The van der Waals surface area contributed by atoms with Gasteiger partial charge in [0.1, 0.15) is 0 Å². The number of hydrogen-bond acceptors (Lipinski definition) is 4. The van der Waals surface area contributed by atoms with E-state index in [4.69, 9.17) is 0 Å². The molecule has 5 heteroatoms. The van der Waals surface area contributed by atoms with E-state index in [1.54, 1.807) is 0 Å². The molecule has 2 aliphatic rings. The van der Waals surface area contributed by atoms with Gasteiger partial charge in [0.15, 0.2) is 0 Å². The van der Waals surface area contributed by atoms with Crippen molar-refractivity contribution in [3.63, 3.8) is 0 Å². The zero-order valence-electron chi connectivity index (χ0n) is 12.8. The Balaban J connectivity index is 1.46. The number of carbonyl (C=O) groups is 1. The molecule has 1 aliphatic carbocycles. The minimum Gasteiger partial charge on any atom is -0.326 e. The molecule has 1 heterocycles. The molecule has 22 heavy (non-hydrogen) atoms. The Morgan fingerprint density at radius 2 is 2.05 bits per heavy atom. The molecule has 0 aromatic heterocycles. The molecular weight excluding hydrogens is 312 g/mol. The fourth-order valence-corrected chi connectivity index (χ4v) is 5.20. The molecule has 1 aliphatic heterocycles. The minimum absolute atomic E-state index is 0.108. The highest BCUT2D eigenvalue weighted by molar-refractivity contribution is 8.00. The lowest BCUT2D eigenvalue weighted by Crippen LogP contribution is -2.39. The van der Waals surface area contributed by atoms with Crippen molar-refractivity contribution in [2.75, 3.05) is 23.4 Å². The van der Waals surface area contributed by atoms with Crippen LogP contribution in [-0.2, 0) is 4.79 Å². The van der Waals surface area contributed by atoms with Gasteiger partial charge in [-0.1, -0.05) is 12.8 Å². The van der Waals surface area contributed by atoms with E-state index >= 15 is 0 Å². The smallest absolute Gasteiger partial charge is 0.225 e. The average molecular weight is 337 g/mol. The van der Waals surface area contributed by atoms with Crippen LogP contribution < -0.4 is 10.6 Å². The molecular formula is C17H24N2OS2. The van der Waals surface area contributed by atoms with E-state index in [9.17, 15) is 4.79 Å². The number of benzene rings is 1. The Hall–Kier alpha value is -0.650. The van der Waals surface area contributed by atoms with E-state index in [-0.39, 0.29) is 5.91 Å². The fourth-order valence-electron chi connectivity index (χ4n) is 3.00. The molecule has 3 nitrogen and oxygen atoms in total. The molecule has 1 saturated carbocycles. The summed E-state index contributed by atoms with van der Waals surface area (Å²) < 4.78 is 0. The van der Waals surface area contributed by atoms with Crippen LogP contribution in [0.1, 0.15) is 32.1 Å². The molecule has 0 bridgehead atoms. The monoisotopic (exact) mass is 336 g/mol. The highest BCUT2D eigenvalue weighted by Crippen LogP contribution is 2.34. The molecule has 3 rings (SSSR count). The van der Waals surface area contributed by atoms with Crippen molar-refractivity contribution in [1.82, 2.24) is 5.32 Å². The van der Waals surface area contributed by atoms with Crippen LogP contribution in [0.2, 0.25) is 0 Å². The Bertz CT molecular complexity index is 480. The van der Waals surface area contributed by atoms with Gasteiger partial charge < -0.3 is 10.6 Å². The highest BCUT2D eigenvalue weighted by Gasteiger charge is 2.17. The van der Waals surface area contributed by atoms with Crippen LogP contribution in [0.5, 0.6) is 0 Å². The van der Waals surface area contributed by atoms with E-state index in [0.717, 1.165) is 29.0 Å². The summed E-state index contributed by atoms with van der Waals surface area (Å²) in [5, 5.41) is 7.20. The highest BCUT2D eigenvalue weighted by atomic mass is 32.2. The molecule has 1 saturated heterocycles.